The number of nitro groups is 1. The van der Waals surface area contributed by atoms with Gasteiger partial charge in [-0.3, -0.25) is 19.9 Å². The summed E-state index contributed by atoms with van der Waals surface area (Å²) in [6.45, 7) is 6.46. The van der Waals surface area contributed by atoms with Crippen LogP contribution in [0, 0.1) is 10.1 Å². The fourth-order valence-electron chi connectivity index (χ4n) is 3.41. The summed E-state index contributed by atoms with van der Waals surface area (Å²) in [5.74, 6) is 0.285. The summed E-state index contributed by atoms with van der Waals surface area (Å²) < 4.78 is 1.80. The highest BCUT2D eigenvalue weighted by molar-refractivity contribution is 7.99. The van der Waals surface area contributed by atoms with Crippen LogP contribution in [0.5, 0.6) is 0 Å². The van der Waals surface area contributed by atoms with Crippen LogP contribution in [0.3, 0.4) is 0 Å². The number of nitrogens with zero attached hydrogens (tertiary/aromatic N) is 5. The van der Waals surface area contributed by atoms with Crippen molar-refractivity contribution in [1.29, 1.82) is 0 Å². The molecule has 0 spiro atoms. The van der Waals surface area contributed by atoms with E-state index in [-0.39, 0.29) is 28.1 Å². The molecule has 0 aliphatic carbocycles. The molecular weight excluding hydrogens is 450 g/mol. The highest BCUT2D eigenvalue weighted by atomic mass is 32.2. The van der Waals surface area contributed by atoms with E-state index in [0.29, 0.717) is 15.9 Å². The van der Waals surface area contributed by atoms with E-state index in [9.17, 15) is 14.9 Å². The predicted octanol–water partition coefficient (Wildman–Crippen LogP) is 5.47. The van der Waals surface area contributed by atoms with Crippen LogP contribution in [-0.2, 0) is 12.5 Å². The first-order chi connectivity index (χ1) is 16.1. The van der Waals surface area contributed by atoms with Gasteiger partial charge in [0.2, 0.25) is 5.78 Å². The third-order valence-electron chi connectivity index (χ3n) is 5.36. The van der Waals surface area contributed by atoms with Crippen molar-refractivity contribution in [2.75, 3.05) is 0 Å². The van der Waals surface area contributed by atoms with Gasteiger partial charge >= 0.3 is 0 Å². The van der Waals surface area contributed by atoms with E-state index in [1.807, 2.05) is 19.2 Å². The number of hydrogen-bond donors (Lipinski definition) is 0. The highest BCUT2D eigenvalue weighted by Crippen LogP contribution is 2.36. The van der Waals surface area contributed by atoms with Crippen molar-refractivity contribution in [3.63, 3.8) is 0 Å². The molecule has 4 aromatic rings. The molecule has 2 heterocycles. The molecule has 0 saturated carbocycles. The molecule has 0 saturated heterocycles. The Morgan fingerprint density at radius 1 is 1.03 bits per heavy atom. The highest BCUT2D eigenvalue weighted by Gasteiger charge is 2.22. The standard InChI is InChI=1S/C25H23N5O3S/c1-25(2,3)18-11-8-16(9-12-18)23-27-28-24(29(23)4)34-21-13-10-17(15-20(21)30(32)33)22(31)19-7-5-6-14-26-19/h5-15H,1-4H3. The second kappa shape index (κ2) is 9.18. The van der Waals surface area contributed by atoms with Crippen LogP contribution in [0.2, 0.25) is 0 Å². The van der Waals surface area contributed by atoms with E-state index in [2.05, 4.69) is 48.1 Å². The van der Waals surface area contributed by atoms with Crippen LogP contribution in [0.15, 0.2) is 76.9 Å². The van der Waals surface area contributed by atoms with Gasteiger partial charge in [0.1, 0.15) is 5.69 Å². The van der Waals surface area contributed by atoms with Crippen molar-refractivity contribution in [3.05, 3.63) is 93.8 Å². The van der Waals surface area contributed by atoms with Gasteiger partial charge in [0.25, 0.3) is 5.69 Å². The number of nitro benzene ring substituents is 1. The van der Waals surface area contributed by atoms with Crippen LogP contribution in [0.1, 0.15) is 42.4 Å². The quantitative estimate of drug-likeness (QED) is 0.208. The molecule has 0 bridgehead atoms. The summed E-state index contributed by atoms with van der Waals surface area (Å²) >= 11 is 1.13. The SMILES string of the molecule is Cn1c(Sc2ccc(C(=O)c3ccccn3)cc2[N+](=O)[O-])nnc1-c1ccc(C(C)(C)C)cc1. The Kier molecular flexibility index (Phi) is 6.30. The van der Waals surface area contributed by atoms with E-state index in [0.717, 1.165) is 17.3 Å². The zero-order chi connectivity index (χ0) is 24.5. The third-order valence-corrected chi connectivity index (χ3v) is 6.46. The molecule has 0 atom stereocenters. The summed E-state index contributed by atoms with van der Waals surface area (Å²) in [6.07, 6.45) is 1.51. The third kappa shape index (κ3) is 4.74. The molecule has 4 rings (SSSR count). The van der Waals surface area contributed by atoms with Crippen molar-refractivity contribution in [2.24, 2.45) is 7.05 Å². The summed E-state index contributed by atoms with van der Waals surface area (Å²) in [5, 5.41) is 20.8. The molecule has 0 aliphatic rings. The van der Waals surface area contributed by atoms with Crippen molar-refractivity contribution in [2.45, 2.75) is 36.2 Å². The molecule has 0 fully saturated rings. The number of aromatic nitrogens is 4. The first-order valence-corrected chi connectivity index (χ1v) is 11.4. The van der Waals surface area contributed by atoms with Gasteiger partial charge in [0, 0.05) is 30.4 Å². The number of benzene rings is 2. The van der Waals surface area contributed by atoms with E-state index in [1.54, 1.807) is 34.9 Å². The van der Waals surface area contributed by atoms with Gasteiger partial charge in [-0.25, -0.2) is 0 Å². The Balaban J connectivity index is 1.62. The lowest BCUT2D eigenvalue weighted by atomic mass is 9.87. The molecular formula is C25H23N5O3S. The molecule has 0 amide bonds. The summed E-state index contributed by atoms with van der Waals surface area (Å²) in [5.41, 5.74) is 2.41. The minimum Gasteiger partial charge on any atom is -0.305 e. The molecule has 172 valence electrons. The van der Waals surface area contributed by atoms with Crippen molar-refractivity contribution < 1.29 is 9.72 Å². The largest absolute Gasteiger partial charge is 0.305 e. The van der Waals surface area contributed by atoms with Crippen molar-refractivity contribution >= 4 is 23.2 Å². The van der Waals surface area contributed by atoms with Gasteiger partial charge in [-0.05, 0) is 47.0 Å². The molecule has 0 radical (unpaired) electrons. The lowest BCUT2D eigenvalue weighted by Crippen LogP contribution is -2.10. The molecule has 34 heavy (non-hydrogen) atoms. The van der Waals surface area contributed by atoms with Gasteiger partial charge in [-0.2, -0.15) is 0 Å². The Labute approximate surface area is 201 Å². The minimum atomic E-state index is -0.500. The number of carbonyl (C=O) groups is 1. The zero-order valence-corrected chi connectivity index (χ0v) is 20.0. The van der Waals surface area contributed by atoms with E-state index >= 15 is 0 Å². The van der Waals surface area contributed by atoms with Gasteiger partial charge in [-0.15, -0.1) is 10.2 Å². The monoisotopic (exact) mass is 473 g/mol. The first-order valence-electron chi connectivity index (χ1n) is 10.6. The maximum atomic E-state index is 12.7. The Bertz CT molecular complexity index is 1360. The van der Waals surface area contributed by atoms with Gasteiger partial charge in [0.05, 0.1) is 9.82 Å². The van der Waals surface area contributed by atoms with Crippen LogP contribution in [0.4, 0.5) is 5.69 Å². The van der Waals surface area contributed by atoms with Crippen molar-refractivity contribution in [1.82, 2.24) is 19.7 Å². The molecule has 2 aromatic carbocycles. The van der Waals surface area contributed by atoms with Crippen LogP contribution in [-0.4, -0.2) is 30.5 Å². The molecule has 0 aliphatic heterocycles. The van der Waals surface area contributed by atoms with Gasteiger partial charge in [-0.1, -0.05) is 51.1 Å². The van der Waals surface area contributed by atoms with Gasteiger partial charge < -0.3 is 4.57 Å². The second-order valence-electron chi connectivity index (χ2n) is 8.78. The number of hydrogen-bond acceptors (Lipinski definition) is 7. The average Bonchev–Trinajstić information content (AvgIpc) is 3.18. The number of ketones is 1. The van der Waals surface area contributed by atoms with Crippen molar-refractivity contribution in [3.8, 4) is 11.4 Å². The lowest BCUT2D eigenvalue weighted by Gasteiger charge is -2.19. The van der Waals surface area contributed by atoms with E-state index in [4.69, 9.17) is 0 Å². The molecule has 8 nitrogen and oxygen atoms in total. The molecule has 9 heteroatoms. The Morgan fingerprint density at radius 2 is 1.76 bits per heavy atom. The number of pyridine rings is 1. The second-order valence-corrected chi connectivity index (χ2v) is 9.79. The predicted molar refractivity (Wildman–Crippen MR) is 130 cm³/mol. The first kappa shape index (κ1) is 23.3. The number of carbonyl (C=O) groups excluding carboxylic acids is 1. The molecule has 0 N–H and O–H groups in total. The Morgan fingerprint density at radius 3 is 2.38 bits per heavy atom. The Hall–Kier alpha value is -3.85. The maximum Gasteiger partial charge on any atom is 0.284 e. The topological polar surface area (TPSA) is 104 Å². The fraction of sp³-hybridized carbons (Fsp3) is 0.200. The number of rotatable bonds is 6. The molecule has 0 unspecified atom stereocenters. The summed E-state index contributed by atoms with van der Waals surface area (Å²) in [7, 11) is 1.82. The smallest absolute Gasteiger partial charge is 0.284 e. The lowest BCUT2D eigenvalue weighted by molar-refractivity contribution is -0.387. The van der Waals surface area contributed by atoms with E-state index < -0.39 is 4.92 Å². The average molecular weight is 474 g/mol. The van der Waals surface area contributed by atoms with Gasteiger partial charge in [0.15, 0.2) is 11.0 Å². The van der Waals surface area contributed by atoms with E-state index in [1.165, 1.54) is 17.8 Å². The maximum absolute atomic E-state index is 12.7. The minimum absolute atomic E-state index is 0.0441. The summed E-state index contributed by atoms with van der Waals surface area (Å²) in [4.78, 5) is 28.3. The summed E-state index contributed by atoms with van der Waals surface area (Å²) in [6, 6.07) is 17.5. The van der Waals surface area contributed by atoms with Crippen LogP contribution in [0.25, 0.3) is 11.4 Å². The zero-order valence-electron chi connectivity index (χ0n) is 19.2. The fourth-order valence-corrected chi connectivity index (χ4v) is 4.28. The molecule has 2 aromatic heterocycles. The van der Waals surface area contributed by atoms with Crippen LogP contribution >= 0.6 is 11.8 Å². The van der Waals surface area contributed by atoms with Crippen LogP contribution < -0.4 is 0 Å². The normalized spacial score (nSPS) is 11.4.